The third kappa shape index (κ3) is 3.86. The van der Waals surface area contributed by atoms with Gasteiger partial charge in [0.25, 0.3) is 10.0 Å². The van der Waals surface area contributed by atoms with Crippen molar-refractivity contribution in [3.8, 4) is 11.1 Å². The summed E-state index contributed by atoms with van der Waals surface area (Å²) in [6, 6.07) is 18.3. The molecule has 0 heterocycles. The smallest absolute Gasteiger partial charge is 0.263 e. The number of hydrogen-bond donors (Lipinski definition) is 1. The van der Waals surface area contributed by atoms with Gasteiger partial charge in [-0.15, -0.1) is 0 Å². The second-order valence-electron chi connectivity index (χ2n) is 6.53. The van der Waals surface area contributed by atoms with E-state index in [0.29, 0.717) is 0 Å². The lowest BCUT2D eigenvalue weighted by Crippen LogP contribution is -2.15. The van der Waals surface area contributed by atoms with Gasteiger partial charge in [0.15, 0.2) is 5.82 Å². The maximum atomic E-state index is 15.2. The number of rotatable bonds is 4. The fourth-order valence-electron chi connectivity index (χ4n) is 3.12. The van der Waals surface area contributed by atoms with Gasteiger partial charge in [-0.2, -0.15) is 0 Å². The summed E-state index contributed by atoms with van der Waals surface area (Å²) in [4.78, 5) is -0.312. The molecule has 4 aromatic rings. The first kappa shape index (κ1) is 20.6. The van der Waals surface area contributed by atoms with E-state index in [4.69, 9.17) is 23.2 Å². The van der Waals surface area contributed by atoms with Crippen molar-refractivity contribution in [1.29, 1.82) is 0 Å². The van der Waals surface area contributed by atoms with Crippen molar-refractivity contribution in [1.82, 2.24) is 0 Å². The van der Waals surface area contributed by atoms with Crippen molar-refractivity contribution >= 4 is 49.7 Å². The van der Waals surface area contributed by atoms with Crippen molar-refractivity contribution in [2.75, 3.05) is 4.72 Å². The monoisotopic (exact) mass is 463 g/mol. The molecule has 0 aromatic heterocycles. The summed E-state index contributed by atoms with van der Waals surface area (Å²) in [5.74, 6) is -1.85. The zero-order chi connectivity index (χ0) is 21.5. The lowest BCUT2D eigenvalue weighted by Gasteiger charge is -2.14. The number of hydrogen-bond acceptors (Lipinski definition) is 2. The largest absolute Gasteiger partial charge is 0.277 e. The molecule has 0 aliphatic rings. The van der Waals surface area contributed by atoms with Gasteiger partial charge in [-0.05, 0) is 52.7 Å². The zero-order valence-corrected chi connectivity index (χ0v) is 17.5. The first-order valence-corrected chi connectivity index (χ1v) is 11.0. The molecule has 3 nitrogen and oxygen atoms in total. The molecule has 8 heteroatoms. The van der Waals surface area contributed by atoms with Gasteiger partial charge in [-0.1, -0.05) is 59.6 Å². The maximum absolute atomic E-state index is 15.2. The highest BCUT2D eigenvalue weighted by Gasteiger charge is 2.23. The molecule has 4 aromatic carbocycles. The van der Waals surface area contributed by atoms with Crippen LogP contribution in [0.15, 0.2) is 77.7 Å². The number of benzene rings is 4. The Kier molecular flexibility index (Phi) is 5.40. The average molecular weight is 464 g/mol. The molecule has 152 valence electrons. The molecule has 0 spiro atoms. The van der Waals surface area contributed by atoms with Gasteiger partial charge < -0.3 is 0 Å². The lowest BCUT2D eigenvalue weighted by molar-refractivity contribution is 0.588. The van der Waals surface area contributed by atoms with Crippen LogP contribution in [0.2, 0.25) is 10.0 Å². The molecule has 0 bridgehead atoms. The Morgan fingerprint density at radius 3 is 2.30 bits per heavy atom. The lowest BCUT2D eigenvalue weighted by atomic mass is 10.00. The molecule has 30 heavy (non-hydrogen) atoms. The van der Waals surface area contributed by atoms with Crippen molar-refractivity contribution in [2.45, 2.75) is 4.90 Å². The van der Waals surface area contributed by atoms with Crippen molar-refractivity contribution < 1.29 is 17.2 Å². The Bertz CT molecular complexity index is 1390. The molecule has 0 radical (unpaired) electrons. The highest BCUT2D eigenvalue weighted by atomic mass is 35.5. The second kappa shape index (κ2) is 7.87. The third-order valence-corrected chi connectivity index (χ3v) is 6.64. The van der Waals surface area contributed by atoms with E-state index >= 15 is 4.39 Å². The zero-order valence-electron chi connectivity index (χ0n) is 15.2. The summed E-state index contributed by atoms with van der Waals surface area (Å²) in [5, 5.41) is 1.78. The molecule has 4 rings (SSSR count). The normalized spacial score (nSPS) is 11.6. The quantitative estimate of drug-likeness (QED) is 0.358. The van der Waals surface area contributed by atoms with Crippen LogP contribution in [0.3, 0.4) is 0 Å². The minimum Gasteiger partial charge on any atom is -0.277 e. The summed E-state index contributed by atoms with van der Waals surface area (Å²) in [5.41, 5.74) is -0.459. The van der Waals surface area contributed by atoms with E-state index in [1.165, 1.54) is 12.1 Å². The standard InChI is InChI=1S/C22H13Cl2F2NO2S/c23-16-7-8-17(24)20(12-16)30(28,29)27-19-10-9-18(25)21(22(19)26)15-6-5-13-3-1-2-4-14(13)11-15/h1-12,27H. The number of sulfonamides is 1. The van der Waals surface area contributed by atoms with Gasteiger partial charge in [0.1, 0.15) is 10.7 Å². The SMILES string of the molecule is O=S(=O)(Nc1ccc(F)c(-c2ccc3ccccc3c2)c1F)c1cc(Cl)ccc1Cl. The highest BCUT2D eigenvalue weighted by molar-refractivity contribution is 7.92. The van der Waals surface area contributed by atoms with Gasteiger partial charge in [0, 0.05) is 5.02 Å². The summed E-state index contributed by atoms with van der Waals surface area (Å²) in [6.45, 7) is 0. The predicted molar refractivity (Wildman–Crippen MR) is 117 cm³/mol. The van der Waals surface area contributed by atoms with Crippen molar-refractivity contribution in [3.05, 3.63) is 94.5 Å². The molecule has 1 N–H and O–H groups in total. The van der Waals surface area contributed by atoms with Gasteiger partial charge in [0.2, 0.25) is 0 Å². The van der Waals surface area contributed by atoms with Crippen LogP contribution in [0.5, 0.6) is 0 Å². The Labute approximate surface area is 181 Å². The van der Waals surface area contributed by atoms with Crippen LogP contribution in [0.4, 0.5) is 14.5 Å². The number of halogens is 4. The van der Waals surface area contributed by atoms with Gasteiger partial charge in [-0.3, -0.25) is 4.72 Å². The molecular weight excluding hydrogens is 451 g/mol. The molecule has 0 aliphatic carbocycles. The number of fused-ring (bicyclic) bond motifs is 1. The van der Waals surface area contributed by atoms with Crippen LogP contribution in [0, 0.1) is 11.6 Å². The Morgan fingerprint density at radius 2 is 1.53 bits per heavy atom. The van der Waals surface area contributed by atoms with E-state index in [1.54, 1.807) is 18.2 Å². The van der Waals surface area contributed by atoms with Crippen LogP contribution in [-0.4, -0.2) is 8.42 Å². The van der Waals surface area contributed by atoms with Crippen LogP contribution in [0.25, 0.3) is 21.9 Å². The fourth-order valence-corrected chi connectivity index (χ4v) is 4.95. The maximum Gasteiger partial charge on any atom is 0.263 e. The molecule has 0 unspecified atom stereocenters. The summed E-state index contributed by atoms with van der Waals surface area (Å²) in [6.07, 6.45) is 0. The van der Waals surface area contributed by atoms with Crippen molar-refractivity contribution in [2.24, 2.45) is 0 Å². The molecule has 0 aliphatic heterocycles. The van der Waals surface area contributed by atoms with Crippen LogP contribution < -0.4 is 4.72 Å². The summed E-state index contributed by atoms with van der Waals surface area (Å²) in [7, 11) is -4.26. The van der Waals surface area contributed by atoms with Crippen LogP contribution >= 0.6 is 23.2 Å². The van der Waals surface area contributed by atoms with E-state index in [1.807, 2.05) is 24.3 Å². The molecule has 0 saturated carbocycles. The van der Waals surface area contributed by atoms with Crippen molar-refractivity contribution in [3.63, 3.8) is 0 Å². The van der Waals surface area contributed by atoms with E-state index in [-0.39, 0.29) is 26.1 Å². The van der Waals surface area contributed by atoms with E-state index in [9.17, 15) is 12.8 Å². The molecule has 0 amide bonds. The molecular formula is C22H13Cl2F2NO2S. The fraction of sp³-hybridized carbons (Fsp3) is 0. The highest BCUT2D eigenvalue weighted by Crippen LogP contribution is 2.34. The van der Waals surface area contributed by atoms with Gasteiger partial charge in [0.05, 0.1) is 16.3 Å². The summed E-state index contributed by atoms with van der Waals surface area (Å²) < 4.78 is 57.3. The van der Waals surface area contributed by atoms with E-state index < -0.39 is 27.3 Å². The van der Waals surface area contributed by atoms with E-state index in [2.05, 4.69) is 4.72 Å². The third-order valence-electron chi connectivity index (χ3n) is 4.56. The van der Waals surface area contributed by atoms with Crippen LogP contribution in [0.1, 0.15) is 0 Å². The Balaban J connectivity index is 1.80. The number of nitrogens with one attached hydrogen (secondary N) is 1. The Morgan fingerprint density at radius 1 is 0.800 bits per heavy atom. The van der Waals surface area contributed by atoms with Gasteiger partial charge in [-0.25, -0.2) is 17.2 Å². The topological polar surface area (TPSA) is 46.2 Å². The predicted octanol–water partition coefficient (Wildman–Crippen LogP) is 6.89. The first-order chi connectivity index (χ1) is 14.3. The van der Waals surface area contributed by atoms with Crippen LogP contribution in [-0.2, 0) is 10.0 Å². The first-order valence-electron chi connectivity index (χ1n) is 8.71. The minimum absolute atomic E-state index is 0.0795. The van der Waals surface area contributed by atoms with E-state index in [0.717, 1.165) is 29.0 Å². The average Bonchev–Trinajstić information content (AvgIpc) is 2.72. The summed E-state index contributed by atoms with van der Waals surface area (Å²) >= 11 is 11.8. The van der Waals surface area contributed by atoms with Gasteiger partial charge >= 0.3 is 0 Å². The number of anilines is 1. The second-order valence-corrected chi connectivity index (χ2v) is 9.02. The molecule has 0 atom stereocenters. The molecule has 0 saturated heterocycles. The Hall–Kier alpha value is -2.67. The molecule has 0 fully saturated rings. The minimum atomic E-state index is -4.26.